The van der Waals surface area contributed by atoms with Gasteiger partial charge in [-0.25, -0.2) is 4.98 Å². The van der Waals surface area contributed by atoms with Crippen LogP contribution in [0, 0.1) is 19.8 Å². The smallest absolute Gasteiger partial charge is 0.246 e. The maximum Gasteiger partial charge on any atom is 0.246 e. The molecule has 0 bridgehead atoms. The van der Waals surface area contributed by atoms with Gasteiger partial charge in [0.25, 0.3) is 0 Å². The van der Waals surface area contributed by atoms with Crippen LogP contribution in [0.1, 0.15) is 29.5 Å². The van der Waals surface area contributed by atoms with E-state index in [1.54, 1.807) is 23.2 Å². The summed E-state index contributed by atoms with van der Waals surface area (Å²) in [5.41, 5.74) is 2.95. The van der Waals surface area contributed by atoms with Gasteiger partial charge in [0, 0.05) is 36.3 Å². The third kappa shape index (κ3) is 5.20. The van der Waals surface area contributed by atoms with Crippen LogP contribution in [0.15, 0.2) is 42.6 Å². The number of aryl methyl sites for hydroxylation is 2. The summed E-state index contributed by atoms with van der Waals surface area (Å²) in [4.78, 5) is 30.8. The Kier molecular flexibility index (Phi) is 6.47. The average molecular weight is 398 g/mol. The number of pyridine rings is 1. The number of nitrogens with zero attached hydrogens (tertiary/aromatic N) is 2. The molecule has 1 N–H and O–H groups in total. The van der Waals surface area contributed by atoms with Gasteiger partial charge >= 0.3 is 0 Å². The van der Waals surface area contributed by atoms with Crippen LogP contribution in [0.2, 0.25) is 5.02 Å². The molecule has 5 nitrogen and oxygen atoms in total. The molecule has 0 spiro atoms. The number of piperidine rings is 1. The zero-order valence-corrected chi connectivity index (χ0v) is 16.9. The molecule has 0 radical (unpaired) electrons. The van der Waals surface area contributed by atoms with Crippen LogP contribution in [0.4, 0.5) is 5.82 Å². The number of carbonyl (C=O) groups excluding carboxylic acids is 2. The van der Waals surface area contributed by atoms with E-state index in [0.29, 0.717) is 36.8 Å². The second-order valence-corrected chi connectivity index (χ2v) is 7.56. The normalized spacial score (nSPS) is 15.0. The summed E-state index contributed by atoms with van der Waals surface area (Å²) >= 11 is 6.12. The number of hydrogen-bond donors (Lipinski definition) is 1. The van der Waals surface area contributed by atoms with Crippen molar-refractivity contribution in [2.75, 3.05) is 18.4 Å². The third-order valence-electron chi connectivity index (χ3n) is 4.96. The summed E-state index contributed by atoms with van der Waals surface area (Å²) in [6.45, 7) is 5.03. The van der Waals surface area contributed by atoms with E-state index in [4.69, 9.17) is 11.6 Å². The molecule has 2 amide bonds. The lowest BCUT2D eigenvalue weighted by molar-refractivity contribution is -0.130. The Balaban J connectivity index is 1.51. The molecule has 1 fully saturated rings. The monoisotopic (exact) mass is 397 g/mol. The number of amides is 2. The minimum Gasteiger partial charge on any atom is -0.339 e. The van der Waals surface area contributed by atoms with Crippen molar-refractivity contribution in [1.29, 1.82) is 0 Å². The Labute approximate surface area is 170 Å². The van der Waals surface area contributed by atoms with Gasteiger partial charge in [-0.2, -0.15) is 0 Å². The van der Waals surface area contributed by atoms with Crippen molar-refractivity contribution in [2.45, 2.75) is 26.7 Å². The molecule has 1 aromatic carbocycles. The lowest BCUT2D eigenvalue weighted by Gasteiger charge is -2.30. The molecule has 28 heavy (non-hydrogen) atoms. The number of hydrogen-bond acceptors (Lipinski definition) is 3. The van der Waals surface area contributed by atoms with E-state index in [9.17, 15) is 9.59 Å². The van der Waals surface area contributed by atoms with Crippen LogP contribution in [0.3, 0.4) is 0 Å². The van der Waals surface area contributed by atoms with Crippen LogP contribution in [-0.2, 0) is 9.59 Å². The summed E-state index contributed by atoms with van der Waals surface area (Å²) in [5, 5.41) is 3.56. The van der Waals surface area contributed by atoms with Gasteiger partial charge in [-0.15, -0.1) is 0 Å². The van der Waals surface area contributed by atoms with E-state index in [0.717, 1.165) is 16.7 Å². The van der Waals surface area contributed by atoms with Crippen molar-refractivity contribution in [1.82, 2.24) is 9.88 Å². The fraction of sp³-hybridized carbons (Fsp3) is 0.318. The van der Waals surface area contributed by atoms with Gasteiger partial charge in [-0.05, 0) is 67.7 Å². The minimum atomic E-state index is -0.105. The largest absolute Gasteiger partial charge is 0.339 e. The van der Waals surface area contributed by atoms with Crippen molar-refractivity contribution in [3.8, 4) is 0 Å². The summed E-state index contributed by atoms with van der Waals surface area (Å²) in [7, 11) is 0. The lowest BCUT2D eigenvalue weighted by Crippen LogP contribution is -2.40. The maximum absolute atomic E-state index is 12.4. The van der Waals surface area contributed by atoms with E-state index in [2.05, 4.69) is 10.3 Å². The number of nitrogens with one attached hydrogen (secondary N) is 1. The molecule has 0 aliphatic carbocycles. The average Bonchev–Trinajstić information content (AvgIpc) is 2.69. The molecule has 1 saturated heterocycles. The number of anilines is 1. The molecule has 1 aromatic heterocycles. The number of halogens is 1. The molecule has 3 rings (SSSR count). The summed E-state index contributed by atoms with van der Waals surface area (Å²) < 4.78 is 0. The summed E-state index contributed by atoms with van der Waals surface area (Å²) in [6, 6.07) is 9.44. The predicted molar refractivity (Wildman–Crippen MR) is 112 cm³/mol. The zero-order valence-electron chi connectivity index (χ0n) is 16.1. The lowest BCUT2D eigenvalue weighted by atomic mass is 9.96. The van der Waals surface area contributed by atoms with Gasteiger partial charge in [0.2, 0.25) is 11.8 Å². The van der Waals surface area contributed by atoms with Crippen molar-refractivity contribution in [2.24, 2.45) is 5.92 Å². The molecule has 0 saturated carbocycles. The fourth-order valence-corrected chi connectivity index (χ4v) is 3.37. The molecular weight excluding hydrogens is 374 g/mol. The molecule has 1 aliphatic rings. The highest BCUT2D eigenvalue weighted by atomic mass is 35.5. The Morgan fingerprint density at radius 1 is 1.18 bits per heavy atom. The number of rotatable bonds is 4. The third-order valence-corrected chi connectivity index (χ3v) is 5.37. The van der Waals surface area contributed by atoms with Gasteiger partial charge in [-0.3, -0.25) is 9.59 Å². The van der Waals surface area contributed by atoms with E-state index in [1.165, 1.54) is 0 Å². The van der Waals surface area contributed by atoms with Gasteiger partial charge in [0.1, 0.15) is 5.82 Å². The predicted octanol–water partition coefficient (Wildman–Crippen LogP) is 4.24. The number of benzene rings is 1. The second-order valence-electron chi connectivity index (χ2n) is 7.15. The minimum absolute atomic E-state index is 0.0324. The first-order valence-corrected chi connectivity index (χ1v) is 9.77. The highest BCUT2D eigenvalue weighted by Gasteiger charge is 2.26. The van der Waals surface area contributed by atoms with E-state index in [1.807, 2.05) is 44.2 Å². The highest BCUT2D eigenvalue weighted by Crippen LogP contribution is 2.21. The first kappa shape index (κ1) is 20.1. The van der Waals surface area contributed by atoms with Crippen LogP contribution < -0.4 is 5.32 Å². The van der Waals surface area contributed by atoms with Crippen molar-refractivity contribution in [3.05, 3.63) is 64.3 Å². The molecule has 2 heterocycles. The van der Waals surface area contributed by atoms with Gasteiger partial charge in [0.05, 0.1) is 0 Å². The van der Waals surface area contributed by atoms with Crippen molar-refractivity contribution >= 4 is 35.3 Å². The topological polar surface area (TPSA) is 62.3 Å². The molecular formula is C22H24ClN3O2. The zero-order chi connectivity index (χ0) is 20.1. The first-order chi connectivity index (χ1) is 13.4. The van der Waals surface area contributed by atoms with Crippen LogP contribution in [0.5, 0.6) is 0 Å². The van der Waals surface area contributed by atoms with Gasteiger partial charge < -0.3 is 10.2 Å². The Morgan fingerprint density at radius 2 is 1.93 bits per heavy atom. The van der Waals surface area contributed by atoms with E-state index in [-0.39, 0.29) is 17.7 Å². The maximum atomic E-state index is 12.4. The molecule has 2 aromatic rings. The molecule has 0 unspecified atom stereocenters. The number of likely N-dealkylation sites (tertiary alicyclic amines) is 1. The van der Waals surface area contributed by atoms with Crippen LogP contribution >= 0.6 is 11.6 Å². The SMILES string of the molecule is Cc1ccnc(NC(=O)C2CCN(C(=O)C=Cc3ccc(C)c(Cl)c3)CC2)c1. The summed E-state index contributed by atoms with van der Waals surface area (Å²) in [5.74, 6) is 0.389. The van der Waals surface area contributed by atoms with Crippen molar-refractivity contribution < 1.29 is 9.59 Å². The standard InChI is InChI=1S/C22H24ClN3O2/c1-15-7-10-24-20(13-15)25-22(28)18-8-11-26(12-9-18)21(27)6-5-17-4-3-16(2)19(23)14-17/h3-7,10,13-14,18H,8-9,11-12H2,1-2H3,(H,24,25,28). The Bertz CT molecular complexity index is 902. The van der Waals surface area contributed by atoms with E-state index < -0.39 is 0 Å². The molecule has 0 atom stereocenters. The number of carbonyl (C=O) groups is 2. The second kappa shape index (κ2) is 9.02. The highest BCUT2D eigenvalue weighted by molar-refractivity contribution is 6.31. The van der Waals surface area contributed by atoms with E-state index >= 15 is 0 Å². The number of aromatic nitrogens is 1. The Morgan fingerprint density at radius 3 is 2.61 bits per heavy atom. The van der Waals surface area contributed by atoms with Crippen LogP contribution in [-0.4, -0.2) is 34.8 Å². The fourth-order valence-electron chi connectivity index (χ4n) is 3.18. The molecule has 1 aliphatic heterocycles. The molecule has 146 valence electrons. The van der Waals surface area contributed by atoms with Gasteiger partial charge in [0.15, 0.2) is 0 Å². The quantitative estimate of drug-likeness (QED) is 0.785. The van der Waals surface area contributed by atoms with Gasteiger partial charge in [-0.1, -0.05) is 23.7 Å². The summed E-state index contributed by atoms with van der Waals surface area (Å²) in [6.07, 6.45) is 6.31. The van der Waals surface area contributed by atoms with Crippen LogP contribution in [0.25, 0.3) is 6.08 Å². The Hall–Kier alpha value is -2.66. The molecule has 6 heteroatoms. The first-order valence-electron chi connectivity index (χ1n) is 9.39. The van der Waals surface area contributed by atoms with Crippen molar-refractivity contribution in [3.63, 3.8) is 0 Å².